The normalized spacial score (nSPS) is 20.7. The monoisotopic (exact) mass is 607 g/mol. The van der Waals surface area contributed by atoms with Gasteiger partial charge in [0.1, 0.15) is 22.9 Å². The third kappa shape index (κ3) is 7.36. The molecule has 236 valence electrons. The molecule has 5 rings (SSSR count). The summed E-state index contributed by atoms with van der Waals surface area (Å²) < 4.78 is 5.01. The second kappa shape index (κ2) is 14.1. The van der Waals surface area contributed by atoms with Crippen LogP contribution < -0.4 is 16.2 Å². The maximum atomic E-state index is 12.6. The van der Waals surface area contributed by atoms with E-state index in [1.165, 1.54) is 11.0 Å². The number of nitrogens with zero attached hydrogens (tertiary/aromatic N) is 2. The van der Waals surface area contributed by atoms with E-state index in [4.69, 9.17) is 9.94 Å². The van der Waals surface area contributed by atoms with Gasteiger partial charge in [-0.15, -0.1) is 6.58 Å². The van der Waals surface area contributed by atoms with E-state index in [1.54, 1.807) is 20.8 Å². The van der Waals surface area contributed by atoms with Gasteiger partial charge in [0.25, 0.3) is 0 Å². The Labute approximate surface area is 257 Å². The zero-order valence-corrected chi connectivity index (χ0v) is 25.7. The fraction of sp³-hybridized carbons (Fsp3) is 0.406. The molecule has 0 radical (unpaired) electrons. The van der Waals surface area contributed by atoms with E-state index in [0.29, 0.717) is 25.1 Å². The smallest absolute Gasteiger partial charge is 0.426 e. The minimum absolute atomic E-state index is 0.274. The standard InChI is InChI=1S/C17H26N4O6.C13H9NO.C2H6/c1-5-10-9-17(10,13(23)24)18-12(22)11-7-6-8-21(11)14(25)19-20-15(26)27-16(2,3)4;15-14-13-11-7-3-1-5-9(11)10-6-2-4-8-12(10)13;1-2/h5,10-11H,1,6-9H2,2-4H3,(H,18,22)(H,19,25)(H,20,26)(H,23,24);1-8,15H;1-2H3/t10?,11?,17-;;/m1../s1. The van der Waals surface area contributed by atoms with Crippen LogP contribution in [0, 0.1) is 5.92 Å². The molecule has 12 nitrogen and oxygen atoms in total. The Balaban J connectivity index is 0.000000260. The van der Waals surface area contributed by atoms with Crippen LogP contribution in [0.2, 0.25) is 0 Å². The Kier molecular flexibility index (Phi) is 10.8. The Morgan fingerprint density at radius 1 is 1.00 bits per heavy atom. The van der Waals surface area contributed by atoms with Crippen LogP contribution in [0.25, 0.3) is 11.1 Å². The van der Waals surface area contributed by atoms with E-state index in [2.05, 4.69) is 27.9 Å². The van der Waals surface area contributed by atoms with Crippen molar-refractivity contribution in [1.29, 1.82) is 0 Å². The van der Waals surface area contributed by atoms with Gasteiger partial charge in [-0.05, 0) is 51.2 Å². The molecule has 1 saturated heterocycles. The number of carbonyl (C=O) groups is 4. The summed E-state index contributed by atoms with van der Waals surface area (Å²) in [7, 11) is 0. The lowest BCUT2D eigenvalue weighted by molar-refractivity contribution is -0.144. The number of hydrogen-bond donors (Lipinski definition) is 5. The maximum absolute atomic E-state index is 12.6. The molecule has 3 aliphatic rings. The van der Waals surface area contributed by atoms with Gasteiger partial charge in [-0.25, -0.2) is 25.2 Å². The molecule has 2 aromatic rings. The number of nitrogens with one attached hydrogen (secondary N) is 3. The van der Waals surface area contributed by atoms with E-state index >= 15 is 0 Å². The largest absolute Gasteiger partial charge is 0.479 e. The van der Waals surface area contributed by atoms with Crippen molar-refractivity contribution in [3.63, 3.8) is 0 Å². The first-order chi connectivity index (χ1) is 20.9. The second-order valence-electron chi connectivity index (χ2n) is 11.3. The van der Waals surface area contributed by atoms with E-state index in [9.17, 15) is 24.3 Å². The summed E-state index contributed by atoms with van der Waals surface area (Å²) in [6, 6.07) is 14.5. The van der Waals surface area contributed by atoms with Crippen LogP contribution in [-0.4, -0.2) is 68.7 Å². The lowest BCUT2D eigenvalue weighted by atomic mass is 10.1. The van der Waals surface area contributed by atoms with Gasteiger partial charge in [-0.2, -0.15) is 0 Å². The molecule has 2 aliphatic carbocycles. The SMILES string of the molecule is C=CC1C[C@]1(NC(=O)C1CCCN1C(=O)NNC(=O)OC(C)(C)C)C(=O)O.CC.ON=C1c2ccccc2-c2ccccc21. The van der Waals surface area contributed by atoms with Crippen LogP contribution in [0.1, 0.15) is 65.0 Å². The number of carbonyl (C=O) groups excluding carboxylic acids is 3. The van der Waals surface area contributed by atoms with E-state index in [-0.39, 0.29) is 12.3 Å². The number of benzene rings is 2. The third-order valence-electron chi connectivity index (χ3n) is 7.27. The molecule has 1 saturated carbocycles. The zero-order chi connectivity index (χ0) is 32.7. The highest BCUT2D eigenvalue weighted by molar-refractivity contribution is 6.24. The Bertz CT molecular complexity index is 1390. The van der Waals surface area contributed by atoms with Crippen LogP contribution in [0.4, 0.5) is 9.59 Å². The Morgan fingerprint density at radius 2 is 1.55 bits per heavy atom. The predicted molar refractivity (Wildman–Crippen MR) is 165 cm³/mol. The third-order valence-corrected chi connectivity index (χ3v) is 7.27. The van der Waals surface area contributed by atoms with Crippen LogP contribution in [-0.2, 0) is 14.3 Å². The number of carboxylic acid groups (broad SMARTS) is 1. The number of aliphatic carboxylic acids is 1. The van der Waals surface area contributed by atoms with Gasteiger partial charge < -0.3 is 25.3 Å². The molecule has 1 aliphatic heterocycles. The summed E-state index contributed by atoms with van der Waals surface area (Å²) in [5, 5.41) is 24.4. The number of urea groups is 1. The number of carboxylic acids is 1. The molecular weight excluding hydrogens is 566 g/mol. The second-order valence-corrected chi connectivity index (χ2v) is 11.3. The molecule has 12 heteroatoms. The van der Waals surface area contributed by atoms with Crippen molar-refractivity contribution in [2.45, 2.75) is 71.1 Å². The van der Waals surface area contributed by atoms with Gasteiger partial charge >= 0.3 is 18.1 Å². The highest BCUT2D eigenvalue weighted by Gasteiger charge is 2.61. The summed E-state index contributed by atoms with van der Waals surface area (Å²) >= 11 is 0. The molecule has 0 bridgehead atoms. The molecule has 2 aromatic carbocycles. The average Bonchev–Trinajstić information content (AvgIpc) is 3.34. The van der Waals surface area contributed by atoms with Crippen molar-refractivity contribution in [3.8, 4) is 11.1 Å². The first-order valence-electron chi connectivity index (χ1n) is 14.6. The molecule has 4 amide bonds. The summed E-state index contributed by atoms with van der Waals surface area (Å²) in [5.74, 6) is -2.00. The number of likely N-dealkylation sites (tertiary alicyclic amines) is 1. The van der Waals surface area contributed by atoms with Crippen LogP contribution in [0.5, 0.6) is 0 Å². The van der Waals surface area contributed by atoms with Crippen LogP contribution in [0.15, 0.2) is 66.3 Å². The van der Waals surface area contributed by atoms with Crippen molar-refractivity contribution < 1.29 is 34.2 Å². The quantitative estimate of drug-likeness (QED) is 0.163. The minimum Gasteiger partial charge on any atom is -0.479 e. The van der Waals surface area contributed by atoms with E-state index < -0.39 is 41.2 Å². The number of hydrazine groups is 1. The molecule has 5 N–H and O–H groups in total. The first kappa shape index (κ1) is 33.6. The van der Waals surface area contributed by atoms with Crippen LogP contribution >= 0.6 is 0 Å². The Morgan fingerprint density at radius 3 is 2.00 bits per heavy atom. The molecule has 3 atom stereocenters. The minimum atomic E-state index is -1.35. The zero-order valence-electron chi connectivity index (χ0n) is 25.7. The van der Waals surface area contributed by atoms with Crippen molar-refractivity contribution in [2.24, 2.45) is 11.1 Å². The number of oxime groups is 1. The number of amides is 4. The number of fused-ring (bicyclic) bond motifs is 3. The molecule has 0 spiro atoms. The van der Waals surface area contributed by atoms with Crippen LogP contribution in [0.3, 0.4) is 0 Å². The average molecular weight is 608 g/mol. The first-order valence-corrected chi connectivity index (χ1v) is 14.6. The summed E-state index contributed by atoms with van der Waals surface area (Å²) in [5.41, 5.74) is 7.21. The summed E-state index contributed by atoms with van der Waals surface area (Å²) in [4.78, 5) is 49.2. The molecular formula is C32H41N5O7. The topological polar surface area (TPSA) is 170 Å². The Hall–Kier alpha value is -4.87. The van der Waals surface area contributed by atoms with Crippen molar-refractivity contribution in [3.05, 3.63) is 72.3 Å². The van der Waals surface area contributed by atoms with E-state index in [1.807, 2.05) is 62.4 Å². The maximum Gasteiger partial charge on any atom is 0.426 e. The van der Waals surface area contributed by atoms with E-state index in [0.717, 1.165) is 22.3 Å². The van der Waals surface area contributed by atoms with Gasteiger partial charge in [0, 0.05) is 23.6 Å². The van der Waals surface area contributed by atoms with Gasteiger partial charge in [-0.3, -0.25) is 4.79 Å². The molecule has 2 unspecified atom stereocenters. The summed E-state index contributed by atoms with van der Waals surface area (Å²) in [6.07, 6.45) is 1.94. The molecule has 1 heterocycles. The molecule has 0 aromatic heterocycles. The van der Waals surface area contributed by atoms with Crippen molar-refractivity contribution in [2.75, 3.05) is 6.54 Å². The summed E-state index contributed by atoms with van der Waals surface area (Å²) in [6.45, 7) is 12.9. The fourth-order valence-corrected chi connectivity index (χ4v) is 5.18. The van der Waals surface area contributed by atoms with Gasteiger partial charge in [-0.1, -0.05) is 73.6 Å². The lowest BCUT2D eigenvalue weighted by Gasteiger charge is -2.26. The highest BCUT2D eigenvalue weighted by atomic mass is 16.6. The predicted octanol–water partition coefficient (Wildman–Crippen LogP) is 4.67. The van der Waals surface area contributed by atoms with Gasteiger partial charge in [0.05, 0.1) is 0 Å². The molecule has 2 fully saturated rings. The number of hydrogen-bond acceptors (Lipinski definition) is 7. The van der Waals surface area contributed by atoms with Crippen molar-refractivity contribution in [1.82, 2.24) is 21.1 Å². The number of rotatable bonds is 4. The fourth-order valence-electron chi connectivity index (χ4n) is 5.18. The number of ether oxygens (including phenoxy) is 1. The lowest BCUT2D eigenvalue weighted by Crippen LogP contribution is -2.56. The molecule has 44 heavy (non-hydrogen) atoms. The highest BCUT2D eigenvalue weighted by Crippen LogP contribution is 2.44. The van der Waals surface area contributed by atoms with Gasteiger partial charge in [0.15, 0.2) is 0 Å². The van der Waals surface area contributed by atoms with Gasteiger partial charge in [0.2, 0.25) is 5.91 Å². The van der Waals surface area contributed by atoms with Crippen molar-refractivity contribution >= 4 is 29.7 Å².